The number of benzene rings is 1. The number of aryl methyl sites for hydroxylation is 2. The highest BCUT2D eigenvalue weighted by atomic mass is 35.5. The van der Waals surface area contributed by atoms with Gasteiger partial charge in [-0.1, -0.05) is 24.9 Å². The number of carbonyl (C=O) groups excluding carboxylic acids is 1. The van der Waals surface area contributed by atoms with Gasteiger partial charge in [-0.15, -0.1) is 0 Å². The fraction of sp³-hybridized carbons (Fsp3) is 0.353. The number of nitrogens with one attached hydrogen (secondary N) is 1. The first-order chi connectivity index (χ1) is 11.6. The number of unbranched alkanes of at least 4 members (excludes halogenated alkanes) is 1. The van der Waals surface area contributed by atoms with Gasteiger partial charge in [0, 0.05) is 12.1 Å². The number of aromatic nitrogens is 2. The summed E-state index contributed by atoms with van der Waals surface area (Å²) in [5, 5.41) is 8.90. The first-order valence-electron chi connectivity index (χ1n) is 7.77. The molecule has 1 amide bonds. The van der Waals surface area contributed by atoms with Crippen LogP contribution in [0.4, 0.5) is 0 Å². The zero-order valence-electron chi connectivity index (χ0n) is 14.0. The molecule has 24 heavy (non-hydrogen) atoms. The van der Waals surface area contributed by atoms with E-state index in [4.69, 9.17) is 16.3 Å². The van der Waals surface area contributed by atoms with Crippen LogP contribution in [0.5, 0.6) is 5.75 Å². The molecule has 1 N–H and O–H groups in total. The van der Waals surface area contributed by atoms with E-state index in [1.165, 1.54) is 6.21 Å². The van der Waals surface area contributed by atoms with Gasteiger partial charge in [0.1, 0.15) is 10.9 Å². The van der Waals surface area contributed by atoms with Crippen LogP contribution < -0.4 is 10.2 Å². The third-order valence-electron chi connectivity index (χ3n) is 3.54. The number of rotatable bonds is 7. The fourth-order valence-electron chi connectivity index (χ4n) is 2.13. The Balaban J connectivity index is 2.02. The summed E-state index contributed by atoms with van der Waals surface area (Å²) in [6, 6.07) is 6.78. The summed E-state index contributed by atoms with van der Waals surface area (Å²) < 4.78 is 6.82. The van der Waals surface area contributed by atoms with Crippen molar-refractivity contribution in [3.63, 3.8) is 0 Å². The van der Waals surface area contributed by atoms with Gasteiger partial charge in [0.15, 0.2) is 0 Å². The molecule has 128 valence electrons. The molecule has 2 rings (SSSR count). The lowest BCUT2D eigenvalue weighted by molar-refractivity contribution is 0.0955. The largest absolute Gasteiger partial charge is 0.497 e. The molecule has 7 heteroatoms. The molecule has 1 aromatic carbocycles. The molecule has 0 atom stereocenters. The van der Waals surface area contributed by atoms with Gasteiger partial charge in [0.05, 0.1) is 24.6 Å². The van der Waals surface area contributed by atoms with Crippen molar-refractivity contribution in [3.8, 4) is 5.75 Å². The standard InChI is InChI=1S/C17H21ClN4O2/c1-4-5-10-22-16(18)15(12(2)21-22)11-19-20-17(23)13-6-8-14(24-3)9-7-13/h6-9,11H,4-5,10H2,1-3H3,(H,20,23)/b19-11-. The molecule has 0 fully saturated rings. The number of methoxy groups -OCH3 is 1. The molecule has 0 bridgehead atoms. The van der Waals surface area contributed by atoms with Crippen molar-refractivity contribution in [2.45, 2.75) is 33.2 Å². The topological polar surface area (TPSA) is 68.5 Å². The first-order valence-corrected chi connectivity index (χ1v) is 8.15. The van der Waals surface area contributed by atoms with Crippen LogP contribution in [0, 0.1) is 6.92 Å². The van der Waals surface area contributed by atoms with Gasteiger partial charge in [0.2, 0.25) is 0 Å². The summed E-state index contributed by atoms with van der Waals surface area (Å²) in [5.41, 5.74) is 4.47. The van der Waals surface area contributed by atoms with E-state index in [1.807, 2.05) is 6.92 Å². The third kappa shape index (κ3) is 4.35. The Kier molecular flexibility index (Phi) is 6.37. The van der Waals surface area contributed by atoms with Crippen LogP contribution >= 0.6 is 11.6 Å². The number of hydrogen-bond acceptors (Lipinski definition) is 4. The van der Waals surface area contributed by atoms with Crippen LogP contribution in [0.25, 0.3) is 0 Å². The van der Waals surface area contributed by atoms with Crippen molar-refractivity contribution in [1.29, 1.82) is 0 Å². The first kappa shape index (κ1) is 18.0. The van der Waals surface area contributed by atoms with Crippen molar-refractivity contribution < 1.29 is 9.53 Å². The number of nitrogens with zero attached hydrogens (tertiary/aromatic N) is 3. The highest BCUT2D eigenvalue weighted by Crippen LogP contribution is 2.18. The van der Waals surface area contributed by atoms with Gasteiger partial charge in [-0.05, 0) is 37.6 Å². The molecule has 6 nitrogen and oxygen atoms in total. The maximum absolute atomic E-state index is 12.0. The average Bonchev–Trinajstić information content (AvgIpc) is 2.87. The Bertz CT molecular complexity index is 723. The molecule has 1 heterocycles. The summed E-state index contributed by atoms with van der Waals surface area (Å²) in [6.45, 7) is 4.74. The Morgan fingerprint density at radius 3 is 2.75 bits per heavy atom. The maximum Gasteiger partial charge on any atom is 0.271 e. The summed E-state index contributed by atoms with van der Waals surface area (Å²) in [5.74, 6) is 0.387. The molecule has 0 saturated carbocycles. The molecule has 0 aliphatic rings. The zero-order valence-corrected chi connectivity index (χ0v) is 14.8. The highest BCUT2D eigenvalue weighted by Gasteiger charge is 2.11. The number of amides is 1. The van der Waals surface area contributed by atoms with Gasteiger partial charge in [-0.2, -0.15) is 10.2 Å². The lowest BCUT2D eigenvalue weighted by atomic mass is 10.2. The van der Waals surface area contributed by atoms with Crippen LogP contribution in [0.2, 0.25) is 5.15 Å². The van der Waals surface area contributed by atoms with Crippen molar-refractivity contribution in [2.75, 3.05) is 7.11 Å². The minimum absolute atomic E-state index is 0.305. The SMILES string of the molecule is CCCCn1nc(C)c(/C=N\NC(=O)c2ccc(OC)cc2)c1Cl. The van der Waals surface area contributed by atoms with Gasteiger partial charge in [0.25, 0.3) is 5.91 Å². The van der Waals surface area contributed by atoms with Gasteiger partial charge < -0.3 is 4.74 Å². The van der Waals surface area contributed by atoms with E-state index in [0.29, 0.717) is 22.0 Å². The normalized spacial score (nSPS) is 11.0. The van der Waals surface area contributed by atoms with Crippen LogP contribution in [0.15, 0.2) is 29.4 Å². The third-order valence-corrected chi connectivity index (χ3v) is 3.94. The van der Waals surface area contributed by atoms with Gasteiger partial charge in [-0.3, -0.25) is 9.48 Å². The smallest absolute Gasteiger partial charge is 0.271 e. The van der Waals surface area contributed by atoms with E-state index in [0.717, 1.165) is 25.1 Å². The summed E-state index contributed by atoms with van der Waals surface area (Å²) in [7, 11) is 1.58. The second-order valence-corrected chi connectivity index (χ2v) is 5.65. The van der Waals surface area contributed by atoms with E-state index in [-0.39, 0.29) is 5.91 Å². The van der Waals surface area contributed by atoms with Crippen molar-refractivity contribution in [3.05, 3.63) is 46.2 Å². The lowest BCUT2D eigenvalue weighted by Gasteiger charge is -2.02. The predicted octanol–water partition coefficient (Wildman–Crippen LogP) is 3.42. The second kappa shape index (κ2) is 8.49. The number of carbonyl (C=O) groups is 1. The molecule has 2 aromatic rings. The predicted molar refractivity (Wildman–Crippen MR) is 94.9 cm³/mol. The lowest BCUT2D eigenvalue weighted by Crippen LogP contribution is -2.17. The Hall–Kier alpha value is -2.34. The van der Waals surface area contributed by atoms with Crippen LogP contribution in [-0.4, -0.2) is 29.0 Å². The Labute approximate surface area is 146 Å². The maximum atomic E-state index is 12.0. The minimum atomic E-state index is -0.305. The van der Waals surface area contributed by atoms with Crippen molar-refractivity contribution in [1.82, 2.24) is 15.2 Å². The van der Waals surface area contributed by atoms with E-state index < -0.39 is 0 Å². The van der Waals surface area contributed by atoms with E-state index >= 15 is 0 Å². The molecule has 0 aliphatic heterocycles. The molecule has 0 radical (unpaired) electrons. The zero-order chi connectivity index (χ0) is 17.5. The molecule has 1 aromatic heterocycles. The molecule has 0 spiro atoms. The average molecular weight is 349 g/mol. The quantitative estimate of drug-likeness (QED) is 0.615. The number of hydrogen-bond donors (Lipinski definition) is 1. The molecule has 0 unspecified atom stereocenters. The molecular formula is C17H21ClN4O2. The van der Waals surface area contributed by atoms with E-state index in [9.17, 15) is 4.79 Å². The summed E-state index contributed by atoms with van der Waals surface area (Å²) >= 11 is 6.31. The molecule has 0 aliphatic carbocycles. The minimum Gasteiger partial charge on any atom is -0.497 e. The molecule has 0 saturated heterocycles. The highest BCUT2D eigenvalue weighted by molar-refractivity contribution is 6.32. The number of ether oxygens (including phenoxy) is 1. The Morgan fingerprint density at radius 1 is 1.42 bits per heavy atom. The monoisotopic (exact) mass is 348 g/mol. The van der Waals surface area contributed by atoms with Crippen LogP contribution in [0.1, 0.15) is 41.4 Å². The van der Waals surface area contributed by atoms with Crippen LogP contribution in [0.3, 0.4) is 0 Å². The van der Waals surface area contributed by atoms with E-state index in [2.05, 4.69) is 22.5 Å². The van der Waals surface area contributed by atoms with E-state index in [1.54, 1.807) is 36.1 Å². The van der Waals surface area contributed by atoms with Crippen molar-refractivity contribution >= 4 is 23.7 Å². The Morgan fingerprint density at radius 2 is 2.12 bits per heavy atom. The van der Waals surface area contributed by atoms with Crippen molar-refractivity contribution in [2.24, 2.45) is 5.10 Å². The summed E-state index contributed by atoms with van der Waals surface area (Å²) in [6.07, 6.45) is 3.59. The fourth-order valence-corrected chi connectivity index (χ4v) is 2.44. The van der Waals surface area contributed by atoms with Gasteiger partial charge in [-0.25, -0.2) is 5.43 Å². The van der Waals surface area contributed by atoms with Crippen LogP contribution in [-0.2, 0) is 6.54 Å². The van der Waals surface area contributed by atoms with Gasteiger partial charge >= 0.3 is 0 Å². The second-order valence-electron chi connectivity index (χ2n) is 5.29. The number of halogens is 1. The summed E-state index contributed by atoms with van der Waals surface area (Å²) in [4.78, 5) is 12.0. The molecular weight excluding hydrogens is 328 g/mol. The number of hydrazone groups is 1.